The number of hydrogen-bond acceptors (Lipinski definition) is 5. The fraction of sp³-hybridized carbons (Fsp3) is 0.429. The van der Waals surface area contributed by atoms with E-state index in [0.717, 1.165) is 5.75 Å². The molecule has 0 aliphatic carbocycles. The van der Waals surface area contributed by atoms with Crippen LogP contribution in [0.15, 0.2) is 24.3 Å². The van der Waals surface area contributed by atoms with Gasteiger partial charge in [0.25, 0.3) is 0 Å². The number of benzene rings is 1. The summed E-state index contributed by atoms with van der Waals surface area (Å²) in [6.07, 6.45) is 2.60. The molecule has 0 aliphatic heterocycles. The summed E-state index contributed by atoms with van der Waals surface area (Å²) in [5.41, 5.74) is 6.84. The van der Waals surface area contributed by atoms with Gasteiger partial charge in [-0.15, -0.1) is 0 Å². The van der Waals surface area contributed by atoms with E-state index in [4.69, 9.17) is 10.5 Å². The molecular formula is C14H20N2O3S. The lowest BCUT2D eigenvalue weighted by Crippen LogP contribution is -2.36. The summed E-state index contributed by atoms with van der Waals surface area (Å²) >= 11 is 1.65. The van der Waals surface area contributed by atoms with E-state index in [9.17, 15) is 9.59 Å². The lowest BCUT2D eigenvalue weighted by atomic mass is 10.2. The Hall–Kier alpha value is -1.53. The molecule has 0 saturated carbocycles. The second-order valence-electron chi connectivity index (χ2n) is 4.18. The Balaban J connectivity index is 2.56. The minimum atomic E-state index is -0.521. The van der Waals surface area contributed by atoms with Crippen molar-refractivity contribution < 1.29 is 14.3 Å². The van der Waals surface area contributed by atoms with E-state index in [0.29, 0.717) is 24.3 Å². The molecule has 1 atom stereocenters. The number of esters is 1. The van der Waals surface area contributed by atoms with Gasteiger partial charge in [-0.05, 0) is 49.6 Å². The number of nitrogens with one attached hydrogen (secondary N) is 1. The molecule has 0 heterocycles. The van der Waals surface area contributed by atoms with Gasteiger partial charge in [-0.3, -0.25) is 4.79 Å². The first-order chi connectivity index (χ1) is 9.58. The normalized spacial score (nSPS) is 11.8. The van der Waals surface area contributed by atoms with Crippen LogP contribution in [0.3, 0.4) is 0 Å². The highest BCUT2D eigenvalue weighted by Crippen LogP contribution is 2.11. The third-order valence-electron chi connectivity index (χ3n) is 2.63. The van der Waals surface area contributed by atoms with Crippen LogP contribution >= 0.6 is 11.8 Å². The Morgan fingerprint density at radius 3 is 2.55 bits per heavy atom. The highest BCUT2D eigenvalue weighted by atomic mass is 32.2. The van der Waals surface area contributed by atoms with Crippen LogP contribution in [-0.4, -0.2) is 36.5 Å². The Morgan fingerprint density at radius 2 is 2.00 bits per heavy atom. The van der Waals surface area contributed by atoms with Gasteiger partial charge in [-0.2, -0.15) is 11.8 Å². The highest BCUT2D eigenvalue weighted by Gasteiger charge is 2.13. The molecule has 0 radical (unpaired) electrons. The van der Waals surface area contributed by atoms with Gasteiger partial charge in [0.15, 0.2) is 0 Å². The topological polar surface area (TPSA) is 81.4 Å². The quantitative estimate of drug-likeness (QED) is 0.751. The average Bonchev–Trinajstić information content (AvgIpc) is 2.45. The molecule has 5 nitrogen and oxygen atoms in total. The molecule has 1 aromatic carbocycles. The van der Waals surface area contributed by atoms with Crippen LogP contribution in [0.4, 0.5) is 5.69 Å². The Bertz CT molecular complexity index is 448. The lowest BCUT2D eigenvalue weighted by molar-refractivity contribution is -0.117. The van der Waals surface area contributed by atoms with Crippen LogP contribution in [-0.2, 0) is 9.53 Å². The average molecular weight is 296 g/mol. The molecule has 110 valence electrons. The maximum absolute atomic E-state index is 11.8. The maximum Gasteiger partial charge on any atom is 0.338 e. The molecule has 1 rings (SSSR count). The van der Waals surface area contributed by atoms with Crippen molar-refractivity contribution in [2.75, 3.05) is 23.9 Å². The van der Waals surface area contributed by atoms with Crippen LogP contribution in [0.2, 0.25) is 0 Å². The molecule has 1 amide bonds. The number of carbonyl (C=O) groups is 2. The van der Waals surface area contributed by atoms with E-state index in [2.05, 4.69) is 5.32 Å². The second kappa shape index (κ2) is 8.60. The molecule has 1 aromatic rings. The number of carbonyl (C=O) groups excluding carboxylic acids is 2. The number of nitrogens with two attached hydrogens (primary N) is 1. The maximum atomic E-state index is 11.8. The summed E-state index contributed by atoms with van der Waals surface area (Å²) in [6.45, 7) is 2.09. The van der Waals surface area contributed by atoms with E-state index < -0.39 is 6.04 Å². The molecule has 0 aliphatic rings. The van der Waals surface area contributed by atoms with Crippen molar-refractivity contribution in [3.63, 3.8) is 0 Å². The van der Waals surface area contributed by atoms with Gasteiger partial charge in [0.1, 0.15) is 0 Å². The zero-order valence-corrected chi connectivity index (χ0v) is 12.5. The first kappa shape index (κ1) is 16.5. The number of hydrogen-bond donors (Lipinski definition) is 2. The Labute approximate surface area is 123 Å². The van der Waals surface area contributed by atoms with Gasteiger partial charge >= 0.3 is 5.97 Å². The van der Waals surface area contributed by atoms with Crippen LogP contribution < -0.4 is 11.1 Å². The van der Waals surface area contributed by atoms with Crippen molar-refractivity contribution in [3.8, 4) is 0 Å². The standard InChI is InChI=1S/C14H20N2O3S/c1-3-19-14(18)10-4-6-11(7-5-10)16-13(17)12(15)8-9-20-2/h4-7,12H,3,8-9,15H2,1-2H3,(H,16,17)/t12-/m1/s1. The molecule has 20 heavy (non-hydrogen) atoms. The number of ether oxygens (including phenoxy) is 1. The van der Waals surface area contributed by atoms with Crippen molar-refractivity contribution in [1.82, 2.24) is 0 Å². The molecule has 0 bridgehead atoms. The first-order valence-electron chi connectivity index (χ1n) is 6.41. The van der Waals surface area contributed by atoms with Crippen molar-refractivity contribution >= 4 is 29.3 Å². The number of anilines is 1. The second-order valence-corrected chi connectivity index (χ2v) is 5.16. The van der Waals surface area contributed by atoms with Gasteiger partial charge in [-0.25, -0.2) is 4.79 Å². The molecule has 3 N–H and O–H groups in total. The Morgan fingerprint density at radius 1 is 1.35 bits per heavy atom. The lowest BCUT2D eigenvalue weighted by Gasteiger charge is -2.11. The van der Waals surface area contributed by atoms with Crippen molar-refractivity contribution in [2.24, 2.45) is 5.73 Å². The van der Waals surface area contributed by atoms with Gasteiger partial charge in [0, 0.05) is 5.69 Å². The molecule has 0 saturated heterocycles. The van der Waals surface area contributed by atoms with E-state index in [1.54, 1.807) is 43.0 Å². The number of amides is 1. The fourth-order valence-electron chi connectivity index (χ4n) is 1.51. The Kier molecular flexibility index (Phi) is 7.11. The fourth-order valence-corrected chi connectivity index (χ4v) is 2.00. The zero-order chi connectivity index (χ0) is 15.0. The van der Waals surface area contributed by atoms with Gasteiger partial charge in [-0.1, -0.05) is 0 Å². The molecule has 0 fully saturated rings. The predicted molar refractivity (Wildman–Crippen MR) is 82.0 cm³/mol. The van der Waals surface area contributed by atoms with Crippen LogP contribution in [0.25, 0.3) is 0 Å². The minimum Gasteiger partial charge on any atom is -0.462 e. The number of rotatable bonds is 7. The monoisotopic (exact) mass is 296 g/mol. The summed E-state index contributed by atoms with van der Waals surface area (Å²) in [7, 11) is 0. The SMILES string of the molecule is CCOC(=O)c1ccc(NC(=O)[C@H](N)CCSC)cc1. The first-order valence-corrected chi connectivity index (χ1v) is 7.80. The molecule has 0 aromatic heterocycles. The highest BCUT2D eigenvalue weighted by molar-refractivity contribution is 7.98. The summed E-state index contributed by atoms with van der Waals surface area (Å²) in [6, 6.07) is 6.02. The van der Waals surface area contributed by atoms with Gasteiger partial charge in [0.05, 0.1) is 18.2 Å². The largest absolute Gasteiger partial charge is 0.462 e. The third kappa shape index (κ3) is 5.22. The van der Waals surface area contributed by atoms with Crippen molar-refractivity contribution in [2.45, 2.75) is 19.4 Å². The van der Waals surface area contributed by atoms with Crippen molar-refractivity contribution in [1.29, 1.82) is 0 Å². The van der Waals surface area contributed by atoms with Crippen LogP contribution in [0, 0.1) is 0 Å². The minimum absolute atomic E-state index is 0.220. The predicted octanol–water partition coefficient (Wildman–Crippen LogP) is 1.88. The van der Waals surface area contributed by atoms with Gasteiger partial charge in [0.2, 0.25) is 5.91 Å². The van der Waals surface area contributed by atoms with Crippen LogP contribution in [0.5, 0.6) is 0 Å². The van der Waals surface area contributed by atoms with E-state index in [-0.39, 0.29) is 11.9 Å². The summed E-state index contributed by atoms with van der Waals surface area (Å²) in [5, 5.41) is 2.72. The molecular weight excluding hydrogens is 276 g/mol. The zero-order valence-electron chi connectivity index (χ0n) is 11.7. The molecule has 0 unspecified atom stereocenters. The van der Waals surface area contributed by atoms with Crippen molar-refractivity contribution in [3.05, 3.63) is 29.8 Å². The van der Waals surface area contributed by atoms with Crippen LogP contribution in [0.1, 0.15) is 23.7 Å². The summed E-state index contributed by atoms with van der Waals surface area (Å²) < 4.78 is 4.88. The molecule has 0 spiro atoms. The molecule has 6 heteroatoms. The third-order valence-corrected chi connectivity index (χ3v) is 3.28. The van der Waals surface area contributed by atoms with E-state index in [1.165, 1.54) is 0 Å². The summed E-state index contributed by atoms with van der Waals surface area (Å²) in [5.74, 6) is 0.251. The van der Waals surface area contributed by atoms with Gasteiger partial charge < -0.3 is 15.8 Å². The smallest absolute Gasteiger partial charge is 0.338 e. The summed E-state index contributed by atoms with van der Waals surface area (Å²) in [4.78, 5) is 23.3. The number of thioether (sulfide) groups is 1. The van der Waals surface area contributed by atoms with E-state index >= 15 is 0 Å². The van der Waals surface area contributed by atoms with E-state index in [1.807, 2.05) is 6.26 Å².